The van der Waals surface area contributed by atoms with Crippen LogP contribution in [-0.2, 0) is 6.42 Å². The van der Waals surface area contributed by atoms with Gasteiger partial charge < -0.3 is 5.11 Å². The first-order valence-corrected chi connectivity index (χ1v) is 13.4. The van der Waals surface area contributed by atoms with E-state index in [4.69, 9.17) is 0 Å². The molecule has 33 heavy (non-hydrogen) atoms. The largest absolute Gasteiger partial charge is 0.508 e. The number of carbonyl (C=O) groups is 1. The third kappa shape index (κ3) is 6.07. The Morgan fingerprint density at radius 1 is 0.879 bits per heavy atom. The van der Waals surface area contributed by atoms with Gasteiger partial charge in [0.15, 0.2) is 0 Å². The predicted octanol–water partition coefficient (Wildman–Crippen LogP) is 8.89. The smallest absolute Gasteiger partial charge is 0.204 e. The molecule has 0 saturated heterocycles. The van der Waals surface area contributed by atoms with Gasteiger partial charge in [-0.15, -0.1) is 11.3 Å². The lowest BCUT2D eigenvalue weighted by molar-refractivity contribution is 0.104. The number of benzene rings is 3. The normalized spacial score (nSPS) is 11.2. The minimum Gasteiger partial charge on any atom is -0.508 e. The molecular weight excluding hydrogens is 444 g/mol. The summed E-state index contributed by atoms with van der Waals surface area (Å²) in [5.74, 6) is 0.247. The molecule has 0 aliphatic heterocycles. The average Bonchev–Trinajstić information content (AvgIpc) is 3.19. The second-order valence-electron chi connectivity index (χ2n) is 8.40. The first-order valence-electron chi connectivity index (χ1n) is 11.8. The summed E-state index contributed by atoms with van der Waals surface area (Å²) in [5.41, 5.74) is 2.06. The summed E-state index contributed by atoms with van der Waals surface area (Å²) in [6, 6.07) is 23.5. The molecule has 0 unspecified atom stereocenters. The van der Waals surface area contributed by atoms with Crippen molar-refractivity contribution in [3.63, 3.8) is 0 Å². The first-order chi connectivity index (χ1) is 16.2. The van der Waals surface area contributed by atoms with Gasteiger partial charge in [-0.2, -0.15) is 0 Å². The molecule has 1 heterocycles. The molecule has 1 N–H and O–H groups in total. The van der Waals surface area contributed by atoms with Crippen molar-refractivity contribution in [3.8, 4) is 5.75 Å². The molecule has 0 radical (unpaired) electrons. The van der Waals surface area contributed by atoms with Crippen molar-refractivity contribution in [2.24, 2.45) is 0 Å². The predicted molar refractivity (Wildman–Crippen MR) is 141 cm³/mol. The van der Waals surface area contributed by atoms with E-state index in [0.717, 1.165) is 31.2 Å². The molecule has 4 heteroatoms. The molecule has 3 aromatic carbocycles. The van der Waals surface area contributed by atoms with Crippen molar-refractivity contribution in [2.45, 2.75) is 61.7 Å². The number of aromatic hydroxyl groups is 1. The average molecular weight is 475 g/mol. The lowest BCUT2D eigenvalue weighted by Crippen LogP contribution is -1.99. The van der Waals surface area contributed by atoms with Crippen molar-refractivity contribution in [2.75, 3.05) is 0 Å². The van der Waals surface area contributed by atoms with Crippen LogP contribution in [0.2, 0.25) is 0 Å². The summed E-state index contributed by atoms with van der Waals surface area (Å²) < 4.78 is 0.927. The number of aryl methyl sites for hydroxylation is 1. The van der Waals surface area contributed by atoms with Gasteiger partial charge in [0.25, 0.3) is 0 Å². The molecule has 0 aliphatic carbocycles. The molecule has 0 fully saturated rings. The van der Waals surface area contributed by atoms with E-state index in [9.17, 15) is 9.90 Å². The van der Waals surface area contributed by atoms with Crippen LogP contribution in [0.4, 0.5) is 0 Å². The molecule has 170 valence electrons. The summed E-state index contributed by atoms with van der Waals surface area (Å²) in [6.07, 6.45) is 8.98. The summed E-state index contributed by atoms with van der Waals surface area (Å²) in [6.45, 7) is 2.25. The minimum atomic E-state index is 0.0264. The molecule has 0 bridgehead atoms. The number of phenolic OH excluding ortho intramolecular Hbond substituents is 1. The van der Waals surface area contributed by atoms with Gasteiger partial charge in [0.05, 0.1) is 4.88 Å². The van der Waals surface area contributed by atoms with Crippen LogP contribution < -0.4 is 0 Å². The molecule has 1 aromatic heterocycles. The molecule has 2 nitrogen and oxygen atoms in total. The van der Waals surface area contributed by atoms with E-state index >= 15 is 0 Å². The lowest BCUT2D eigenvalue weighted by Gasteiger charge is -2.07. The van der Waals surface area contributed by atoms with E-state index in [1.165, 1.54) is 55.4 Å². The van der Waals surface area contributed by atoms with Crippen LogP contribution in [0.5, 0.6) is 5.75 Å². The number of hydrogen-bond donors (Lipinski definition) is 1. The van der Waals surface area contributed by atoms with E-state index in [0.29, 0.717) is 5.56 Å². The number of thiophene rings is 1. The summed E-state index contributed by atoms with van der Waals surface area (Å²) in [7, 11) is 0. The highest BCUT2D eigenvalue weighted by Crippen LogP contribution is 2.43. The fraction of sp³-hybridized carbons (Fsp3) is 0.276. The summed E-state index contributed by atoms with van der Waals surface area (Å²) in [4.78, 5) is 16.1. The molecule has 0 amide bonds. The van der Waals surface area contributed by atoms with Crippen LogP contribution in [0.1, 0.15) is 66.2 Å². The van der Waals surface area contributed by atoms with E-state index in [-0.39, 0.29) is 11.5 Å². The number of hydrogen-bond acceptors (Lipinski definition) is 4. The Labute approximate surface area is 204 Å². The quantitative estimate of drug-likeness (QED) is 0.174. The monoisotopic (exact) mass is 474 g/mol. The molecule has 0 saturated carbocycles. The van der Waals surface area contributed by atoms with E-state index < -0.39 is 0 Å². The Kier molecular flexibility index (Phi) is 8.25. The van der Waals surface area contributed by atoms with Crippen molar-refractivity contribution < 1.29 is 9.90 Å². The van der Waals surface area contributed by atoms with Crippen molar-refractivity contribution in [3.05, 3.63) is 88.8 Å². The fourth-order valence-corrected chi connectivity index (χ4v) is 6.37. The fourth-order valence-electron chi connectivity index (χ4n) is 3.98. The SMILES string of the molecule is CCCCCCCCc1ccc(Sc2c(C(=O)c3ccccc3)sc3cc(O)ccc23)cc1. The Bertz CT molecular complexity index is 1190. The van der Waals surface area contributed by atoms with Crippen molar-refractivity contribution in [1.29, 1.82) is 0 Å². The van der Waals surface area contributed by atoms with Crippen LogP contribution in [0.3, 0.4) is 0 Å². The highest BCUT2D eigenvalue weighted by Gasteiger charge is 2.21. The number of unbranched alkanes of at least 4 members (excludes halogenated alkanes) is 5. The standard InChI is InChI=1S/C29H30O2S2/c1-2-3-4-5-6-8-11-21-14-17-24(18-15-21)32-28-25-19-16-23(30)20-26(25)33-29(28)27(31)22-12-9-7-10-13-22/h7,9-10,12-20,30H,2-6,8,11H2,1H3. The number of carbonyl (C=O) groups excluding carboxylic acids is 1. The van der Waals surface area contributed by atoms with Gasteiger partial charge in [0.2, 0.25) is 5.78 Å². The number of rotatable bonds is 11. The van der Waals surface area contributed by atoms with Crippen LogP contribution in [0.15, 0.2) is 82.6 Å². The Hall–Kier alpha value is -2.56. The van der Waals surface area contributed by atoms with E-state index in [1.54, 1.807) is 23.9 Å². The lowest BCUT2D eigenvalue weighted by atomic mass is 10.1. The Morgan fingerprint density at radius 2 is 1.61 bits per heavy atom. The minimum absolute atomic E-state index is 0.0264. The highest BCUT2D eigenvalue weighted by molar-refractivity contribution is 7.99. The maximum absolute atomic E-state index is 13.3. The maximum atomic E-state index is 13.3. The zero-order chi connectivity index (χ0) is 23.0. The van der Waals surface area contributed by atoms with Crippen LogP contribution in [0, 0.1) is 0 Å². The van der Waals surface area contributed by atoms with E-state index in [1.807, 2.05) is 36.4 Å². The highest BCUT2D eigenvalue weighted by atomic mass is 32.2. The number of phenols is 1. The second kappa shape index (κ2) is 11.5. The first kappa shape index (κ1) is 23.6. The third-order valence-corrected chi connectivity index (χ3v) is 8.25. The van der Waals surface area contributed by atoms with Crippen molar-refractivity contribution in [1.82, 2.24) is 0 Å². The summed E-state index contributed by atoms with van der Waals surface area (Å²) in [5, 5.41) is 11.0. The molecule has 0 atom stereocenters. The second-order valence-corrected chi connectivity index (χ2v) is 10.5. The van der Waals surface area contributed by atoms with Crippen LogP contribution in [0.25, 0.3) is 10.1 Å². The van der Waals surface area contributed by atoms with Gasteiger partial charge >= 0.3 is 0 Å². The van der Waals surface area contributed by atoms with Crippen LogP contribution >= 0.6 is 23.1 Å². The van der Waals surface area contributed by atoms with Gasteiger partial charge in [0, 0.05) is 25.4 Å². The molecule has 4 aromatic rings. The van der Waals surface area contributed by atoms with Gasteiger partial charge in [-0.3, -0.25) is 4.79 Å². The number of ketones is 1. The molecular formula is C29H30O2S2. The van der Waals surface area contributed by atoms with Crippen LogP contribution in [-0.4, -0.2) is 10.9 Å². The van der Waals surface area contributed by atoms with Gasteiger partial charge in [-0.05, 0) is 48.7 Å². The summed E-state index contributed by atoms with van der Waals surface area (Å²) >= 11 is 3.09. The maximum Gasteiger partial charge on any atom is 0.204 e. The Morgan fingerprint density at radius 3 is 2.36 bits per heavy atom. The topological polar surface area (TPSA) is 37.3 Å². The molecule has 4 rings (SSSR count). The van der Waals surface area contributed by atoms with Gasteiger partial charge in [0.1, 0.15) is 5.75 Å². The molecule has 0 aliphatic rings. The van der Waals surface area contributed by atoms with Crippen molar-refractivity contribution >= 4 is 39.0 Å². The zero-order valence-electron chi connectivity index (χ0n) is 19.0. The third-order valence-electron chi connectivity index (χ3n) is 5.83. The van der Waals surface area contributed by atoms with Gasteiger partial charge in [-0.25, -0.2) is 0 Å². The Balaban J connectivity index is 1.52. The molecule has 0 spiro atoms. The van der Waals surface area contributed by atoms with E-state index in [2.05, 4.69) is 31.2 Å². The zero-order valence-corrected chi connectivity index (χ0v) is 20.7. The van der Waals surface area contributed by atoms with Gasteiger partial charge in [-0.1, -0.05) is 93.3 Å². The number of fused-ring (bicyclic) bond motifs is 1.